The molecule has 0 saturated carbocycles. The summed E-state index contributed by atoms with van der Waals surface area (Å²) in [6, 6.07) is 4.19. The number of benzene rings is 1. The van der Waals surface area contributed by atoms with Crippen molar-refractivity contribution in [3.63, 3.8) is 0 Å². The van der Waals surface area contributed by atoms with Gasteiger partial charge in [0.25, 0.3) is 0 Å². The van der Waals surface area contributed by atoms with Gasteiger partial charge in [0.15, 0.2) is 11.6 Å². The SMILES string of the molecule is CCC(=O)NCc1cc(OC[C@H](C)N)c(F)cc1C#N. The predicted molar refractivity (Wildman–Crippen MR) is 72.4 cm³/mol. The molecule has 1 rings (SSSR count). The van der Waals surface area contributed by atoms with Crippen molar-refractivity contribution >= 4 is 5.91 Å². The molecule has 0 spiro atoms. The second-order valence-corrected chi connectivity index (χ2v) is 4.47. The van der Waals surface area contributed by atoms with Gasteiger partial charge >= 0.3 is 0 Å². The molecule has 0 aliphatic heterocycles. The average Bonchev–Trinajstić information content (AvgIpc) is 2.43. The molecule has 1 aromatic rings. The molecular weight excluding hydrogens is 261 g/mol. The third-order valence-corrected chi connectivity index (χ3v) is 2.58. The maximum absolute atomic E-state index is 13.7. The van der Waals surface area contributed by atoms with Crippen LogP contribution >= 0.6 is 0 Å². The van der Waals surface area contributed by atoms with Crippen LogP contribution in [0.5, 0.6) is 5.75 Å². The summed E-state index contributed by atoms with van der Waals surface area (Å²) >= 11 is 0. The van der Waals surface area contributed by atoms with E-state index >= 15 is 0 Å². The molecule has 1 aromatic carbocycles. The fourth-order valence-corrected chi connectivity index (χ4v) is 1.50. The first kappa shape index (κ1) is 15.9. The second kappa shape index (κ2) is 7.46. The molecule has 108 valence electrons. The molecule has 0 radical (unpaired) electrons. The van der Waals surface area contributed by atoms with Gasteiger partial charge in [-0.15, -0.1) is 0 Å². The fraction of sp³-hybridized carbons (Fsp3) is 0.429. The minimum absolute atomic E-state index is 0.0297. The van der Waals surface area contributed by atoms with E-state index in [4.69, 9.17) is 15.7 Å². The van der Waals surface area contributed by atoms with E-state index in [0.29, 0.717) is 12.0 Å². The molecule has 20 heavy (non-hydrogen) atoms. The molecule has 3 N–H and O–H groups in total. The smallest absolute Gasteiger partial charge is 0.219 e. The van der Waals surface area contributed by atoms with Crippen molar-refractivity contribution in [2.75, 3.05) is 6.61 Å². The molecule has 0 fully saturated rings. The van der Waals surface area contributed by atoms with E-state index < -0.39 is 5.82 Å². The maximum atomic E-state index is 13.7. The number of carbonyl (C=O) groups is 1. The lowest BCUT2D eigenvalue weighted by molar-refractivity contribution is -0.120. The lowest BCUT2D eigenvalue weighted by Gasteiger charge is -2.12. The van der Waals surface area contributed by atoms with Crippen molar-refractivity contribution in [3.8, 4) is 11.8 Å². The van der Waals surface area contributed by atoms with Crippen LogP contribution in [0.3, 0.4) is 0 Å². The van der Waals surface area contributed by atoms with Gasteiger partial charge in [-0.05, 0) is 24.6 Å². The first-order chi connectivity index (χ1) is 9.47. The summed E-state index contributed by atoms with van der Waals surface area (Å²) in [6.45, 7) is 3.79. The van der Waals surface area contributed by atoms with Gasteiger partial charge < -0.3 is 15.8 Å². The minimum Gasteiger partial charge on any atom is -0.489 e. The Kier molecular flexibility index (Phi) is 5.94. The van der Waals surface area contributed by atoms with Gasteiger partial charge in [0.2, 0.25) is 5.91 Å². The molecular formula is C14H18FN3O2. The summed E-state index contributed by atoms with van der Waals surface area (Å²) in [7, 11) is 0. The van der Waals surface area contributed by atoms with Crippen LogP contribution in [0.25, 0.3) is 0 Å². The summed E-state index contributed by atoms with van der Waals surface area (Å²) in [5.41, 5.74) is 6.23. The van der Waals surface area contributed by atoms with E-state index in [1.54, 1.807) is 13.8 Å². The van der Waals surface area contributed by atoms with Crippen molar-refractivity contribution in [1.82, 2.24) is 5.32 Å². The fourth-order valence-electron chi connectivity index (χ4n) is 1.50. The van der Waals surface area contributed by atoms with Crippen LogP contribution < -0.4 is 15.8 Å². The predicted octanol–water partition coefficient (Wildman–Crippen LogP) is 1.45. The van der Waals surface area contributed by atoms with Gasteiger partial charge in [-0.25, -0.2) is 4.39 Å². The lowest BCUT2D eigenvalue weighted by Crippen LogP contribution is -2.24. The molecule has 1 amide bonds. The summed E-state index contributed by atoms with van der Waals surface area (Å²) < 4.78 is 19.0. The molecule has 5 nitrogen and oxygen atoms in total. The second-order valence-electron chi connectivity index (χ2n) is 4.47. The van der Waals surface area contributed by atoms with Crippen LogP contribution in [-0.2, 0) is 11.3 Å². The van der Waals surface area contributed by atoms with E-state index in [0.717, 1.165) is 6.07 Å². The van der Waals surface area contributed by atoms with Crippen LogP contribution in [0.2, 0.25) is 0 Å². The standard InChI is InChI=1S/C14H18FN3O2/c1-3-14(19)18-7-11-5-13(20-8-9(2)17)12(15)4-10(11)6-16/h4-5,9H,3,7-8,17H2,1-2H3,(H,18,19)/t9-/m0/s1. The van der Waals surface area contributed by atoms with E-state index in [1.165, 1.54) is 6.07 Å². The molecule has 0 aliphatic carbocycles. The number of hydrogen-bond acceptors (Lipinski definition) is 4. The van der Waals surface area contributed by atoms with Gasteiger partial charge in [-0.1, -0.05) is 6.92 Å². The molecule has 1 atom stereocenters. The number of nitrogens with zero attached hydrogens (tertiary/aromatic N) is 1. The van der Waals surface area contributed by atoms with Crippen molar-refractivity contribution < 1.29 is 13.9 Å². The first-order valence-corrected chi connectivity index (χ1v) is 6.35. The normalized spacial score (nSPS) is 11.6. The Labute approximate surface area is 117 Å². The Bertz CT molecular complexity index is 524. The highest BCUT2D eigenvalue weighted by Crippen LogP contribution is 2.22. The topological polar surface area (TPSA) is 88.1 Å². The first-order valence-electron chi connectivity index (χ1n) is 6.35. The van der Waals surface area contributed by atoms with Gasteiger partial charge in [0.05, 0.1) is 11.6 Å². The Hall–Kier alpha value is -2.13. The molecule has 6 heteroatoms. The van der Waals surface area contributed by atoms with E-state index in [9.17, 15) is 9.18 Å². The minimum atomic E-state index is -0.618. The molecule has 0 bridgehead atoms. The molecule has 0 saturated heterocycles. The van der Waals surface area contributed by atoms with E-state index in [2.05, 4.69) is 5.32 Å². The molecule has 0 aromatic heterocycles. The Morgan fingerprint density at radius 1 is 1.60 bits per heavy atom. The largest absolute Gasteiger partial charge is 0.489 e. The average molecular weight is 279 g/mol. The van der Waals surface area contributed by atoms with Crippen LogP contribution in [0.1, 0.15) is 31.4 Å². The molecule has 0 aliphatic rings. The number of ether oxygens (including phenoxy) is 1. The number of nitriles is 1. The highest BCUT2D eigenvalue weighted by molar-refractivity contribution is 5.75. The third-order valence-electron chi connectivity index (χ3n) is 2.58. The highest BCUT2D eigenvalue weighted by atomic mass is 19.1. The van der Waals surface area contributed by atoms with Crippen LogP contribution in [0, 0.1) is 17.1 Å². The zero-order valence-corrected chi connectivity index (χ0v) is 11.6. The van der Waals surface area contributed by atoms with Crippen LogP contribution in [0.15, 0.2) is 12.1 Å². The van der Waals surface area contributed by atoms with Crippen molar-refractivity contribution in [2.45, 2.75) is 32.9 Å². The number of rotatable bonds is 6. The van der Waals surface area contributed by atoms with E-state index in [1.807, 2.05) is 6.07 Å². The van der Waals surface area contributed by atoms with Crippen molar-refractivity contribution in [1.29, 1.82) is 5.26 Å². The van der Waals surface area contributed by atoms with Gasteiger partial charge in [0, 0.05) is 19.0 Å². The van der Waals surface area contributed by atoms with Gasteiger partial charge in [0.1, 0.15) is 6.61 Å². The number of hydrogen-bond donors (Lipinski definition) is 2. The van der Waals surface area contributed by atoms with Crippen LogP contribution in [0.4, 0.5) is 4.39 Å². The summed E-state index contributed by atoms with van der Waals surface area (Å²) in [5.74, 6) is -0.730. The van der Waals surface area contributed by atoms with Crippen molar-refractivity contribution in [3.05, 3.63) is 29.1 Å². The Balaban J connectivity index is 2.93. The van der Waals surface area contributed by atoms with Gasteiger partial charge in [-0.2, -0.15) is 5.26 Å². The summed E-state index contributed by atoms with van der Waals surface area (Å²) in [6.07, 6.45) is 0.344. The monoisotopic (exact) mass is 279 g/mol. The Morgan fingerprint density at radius 2 is 2.30 bits per heavy atom. The van der Waals surface area contributed by atoms with Crippen LogP contribution in [-0.4, -0.2) is 18.6 Å². The zero-order valence-electron chi connectivity index (χ0n) is 11.6. The molecule has 0 heterocycles. The number of amides is 1. The summed E-state index contributed by atoms with van der Waals surface area (Å²) in [5, 5.41) is 11.6. The third kappa shape index (κ3) is 4.52. The zero-order chi connectivity index (χ0) is 15.1. The maximum Gasteiger partial charge on any atom is 0.219 e. The number of nitrogens with one attached hydrogen (secondary N) is 1. The summed E-state index contributed by atoms with van der Waals surface area (Å²) in [4.78, 5) is 11.2. The number of nitrogens with two attached hydrogens (primary N) is 1. The quantitative estimate of drug-likeness (QED) is 0.825. The van der Waals surface area contributed by atoms with E-state index in [-0.39, 0.29) is 36.4 Å². The molecule has 0 unspecified atom stereocenters. The highest BCUT2D eigenvalue weighted by Gasteiger charge is 2.12. The van der Waals surface area contributed by atoms with Crippen molar-refractivity contribution in [2.24, 2.45) is 5.73 Å². The number of carbonyl (C=O) groups excluding carboxylic acids is 1. The Morgan fingerprint density at radius 3 is 2.85 bits per heavy atom. The van der Waals surface area contributed by atoms with Gasteiger partial charge in [-0.3, -0.25) is 4.79 Å². The lowest BCUT2D eigenvalue weighted by atomic mass is 10.1. The number of halogens is 1.